The second-order valence-electron chi connectivity index (χ2n) is 5.72. The van der Waals surface area contributed by atoms with E-state index in [9.17, 15) is 9.59 Å². The number of hydrogen-bond donors (Lipinski definition) is 0. The Morgan fingerprint density at radius 1 is 1.19 bits per heavy atom. The highest BCUT2D eigenvalue weighted by atomic mass is 79.9. The highest BCUT2D eigenvalue weighted by Crippen LogP contribution is 2.31. The van der Waals surface area contributed by atoms with Gasteiger partial charge in [-0.15, -0.1) is 0 Å². The molecule has 1 aromatic heterocycles. The van der Waals surface area contributed by atoms with Gasteiger partial charge in [-0.05, 0) is 41.8 Å². The second-order valence-corrected chi connectivity index (χ2v) is 6.64. The van der Waals surface area contributed by atoms with Gasteiger partial charge in [-0.3, -0.25) is 9.59 Å². The standard InChI is InChI=1S/C15H20BrN3O2/c1-2-17-10-12(16)9-13(17)15(21)19-7-5-18(6-8-19)14(20)11-3-4-11/h9-11H,2-8H2,1H3. The van der Waals surface area contributed by atoms with E-state index in [1.807, 2.05) is 33.6 Å². The minimum atomic E-state index is 0.0565. The lowest BCUT2D eigenvalue weighted by Crippen LogP contribution is -2.51. The highest BCUT2D eigenvalue weighted by molar-refractivity contribution is 9.10. The zero-order valence-corrected chi connectivity index (χ0v) is 13.8. The van der Waals surface area contributed by atoms with Crippen molar-refractivity contribution in [3.63, 3.8) is 0 Å². The van der Waals surface area contributed by atoms with Gasteiger partial charge in [0.05, 0.1) is 0 Å². The molecule has 1 aliphatic heterocycles. The van der Waals surface area contributed by atoms with Gasteiger partial charge in [0.2, 0.25) is 5.91 Å². The van der Waals surface area contributed by atoms with E-state index in [1.165, 1.54) is 0 Å². The lowest BCUT2D eigenvalue weighted by atomic mass is 10.2. The zero-order valence-electron chi connectivity index (χ0n) is 12.2. The third-order valence-electron chi connectivity index (χ3n) is 4.23. The van der Waals surface area contributed by atoms with Gasteiger partial charge in [-0.2, -0.15) is 0 Å². The summed E-state index contributed by atoms with van der Waals surface area (Å²) in [6.07, 6.45) is 4.01. The number of carbonyl (C=O) groups excluding carboxylic acids is 2. The fraction of sp³-hybridized carbons (Fsp3) is 0.600. The van der Waals surface area contributed by atoms with Crippen molar-refractivity contribution in [3.05, 3.63) is 22.4 Å². The van der Waals surface area contributed by atoms with Crippen molar-refractivity contribution in [2.45, 2.75) is 26.3 Å². The van der Waals surface area contributed by atoms with E-state index in [4.69, 9.17) is 0 Å². The molecule has 1 saturated heterocycles. The summed E-state index contributed by atoms with van der Waals surface area (Å²) in [7, 11) is 0. The molecule has 2 heterocycles. The Hall–Kier alpha value is -1.30. The fourth-order valence-electron chi connectivity index (χ4n) is 2.80. The number of aromatic nitrogens is 1. The quantitative estimate of drug-likeness (QED) is 0.833. The Balaban J connectivity index is 1.63. The Labute approximate surface area is 133 Å². The Morgan fingerprint density at radius 3 is 2.38 bits per heavy atom. The third-order valence-corrected chi connectivity index (χ3v) is 4.66. The van der Waals surface area contributed by atoms with Gasteiger partial charge < -0.3 is 14.4 Å². The molecule has 0 aromatic carbocycles. The van der Waals surface area contributed by atoms with Crippen LogP contribution in [0.25, 0.3) is 0 Å². The molecule has 3 rings (SSSR count). The largest absolute Gasteiger partial charge is 0.343 e. The molecule has 0 N–H and O–H groups in total. The number of aryl methyl sites for hydroxylation is 1. The van der Waals surface area contributed by atoms with Crippen LogP contribution in [0.4, 0.5) is 0 Å². The maximum Gasteiger partial charge on any atom is 0.270 e. The summed E-state index contributed by atoms with van der Waals surface area (Å²) in [5.41, 5.74) is 0.714. The van der Waals surface area contributed by atoms with Crippen molar-refractivity contribution in [2.24, 2.45) is 5.92 Å². The molecule has 1 aliphatic carbocycles. The number of amides is 2. The molecule has 5 nitrogen and oxygen atoms in total. The zero-order chi connectivity index (χ0) is 15.0. The van der Waals surface area contributed by atoms with E-state index in [0.717, 1.165) is 23.9 Å². The molecule has 21 heavy (non-hydrogen) atoms. The lowest BCUT2D eigenvalue weighted by Gasteiger charge is -2.35. The van der Waals surface area contributed by atoms with Crippen molar-refractivity contribution >= 4 is 27.7 Å². The molecule has 1 aromatic rings. The summed E-state index contributed by atoms with van der Waals surface area (Å²) >= 11 is 3.42. The van der Waals surface area contributed by atoms with Gasteiger partial charge in [0.25, 0.3) is 5.91 Å². The minimum Gasteiger partial charge on any atom is -0.343 e. The number of nitrogens with zero attached hydrogens (tertiary/aromatic N) is 3. The first-order valence-electron chi connectivity index (χ1n) is 7.54. The molecule has 1 saturated carbocycles. The Kier molecular flexibility index (Phi) is 4.06. The lowest BCUT2D eigenvalue weighted by molar-refractivity contribution is -0.134. The van der Waals surface area contributed by atoms with Gasteiger partial charge >= 0.3 is 0 Å². The van der Waals surface area contributed by atoms with Crippen molar-refractivity contribution in [2.75, 3.05) is 26.2 Å². The highest BCUT2D eigenvalue weighted by Gasteiger charge is 2.35. The number of rotatable bonds is 3. The maximum absolute atomic E-state index is 12.6. The predicted molar refractivity (Wildman–Crippen MR) is 83.0 cm³/mol. The van der Waals surface area contributed by atoms with Gasteiger partial charge in [-0.25, -0.2) is 0 Å². The summed E-state index contributed by atoms with van der Waals surface area (Å²) < 4.78 is 2.88. The monoisotopic (exact) mass is 353 g/mol. The molecule has 0 atom stereocenters. The summed E-state index contributed by atoms with van der Waals surface area (Å²) in [4.78, 5) is 28.4. The van der Waals surface area contributed by atoms with E-state index in [2.05, 4.69) is 15.9 Å². The second kappa shape index (κ2) is 5.83. The fourth-order valence-corrected chi connectivity index (χ4v) is 3.26. The van der Waals surface area contributed by atoms with Gasteiger partial charge in [0, 0.05) is 49.3 Å². The normalized spacial score (nSPS) is 19.0. The first kappa shape index (κ1) is 14.6. The average molecular weight is 354 g/mol. The van der Waals surface area contributed by atoms with Crippen LogP contribution in [-0.4, -0.2) is 52.4 Å². The van der Waals surface area contributed by atoms with Crippen LogP contribution in [0.1, 0.15) is 30.3 Å². The van der Waals surface area contributed by atoms with Crippen LogP contribution < -0.4 is 0 Å². The van der Waals surface area contributed by atoms with Crippen LogP contribution in [0.15, 0.2) is 16.7 Å². The molecule has 0 radical (unpaired) electrons. The van der Waals surface area contributed by atoms with Gasteiger partial charge in [0.15, 0.2) is 0 Å². The van der Waals surface area contributed by atoms with Crippen LogP contribution in [0.5, 0.6) is 0 Å². The molecular weight excluding hydrogens is 334 g/mol. The summed E-state index contributed by atoms with van der Waals surface area (Å²) in [6.45, 7) is 5.38. The molecule has 0 bridgehead atoms. The summed E-state index contributed by atoms with van der Waals surface area (Å²) in [5, 5.41) is 0. The van der Waals surface area contributed by atoms with Crippen molar-refractivity contribution in [3.8, 4) is 0 Å². The number of hydrogen-bond acceptors (Lipinski definition) is 2. The smallest absolute Gasteiger partial charge is 0.270 e. The third kappa shape index (κ3) is 3.00. The maximum atomic E-state index is 12.6. The molecule has 6 heteroatoms. The van der Waals surface area contributed by atoms with E-state index < -0.39 is 0 Å². The van der Waals surface area contributed by atoms with Crippen molar-refractivity contribution in [1.29, 1.82) is 0 Å². The van der Waals surface area contributed by atoms with Crippen molar-refractivity contribution < 1.29 is 9.59 Å². The van der Waals surface area contributed by atoms with Crippen LogP contribution >= 0.6 is 15.9 Å². The number of halogens is 1. The van der Waals surface area contributed by atoms with Gasteiger partial charge in [-0.1, -0.05) is 0 Å². The molecule has 0 unspecified atom stereocenters. The van der Waals surface area contributed by atoms with Crippen molar-refractivity contribution in [1.82, 2.24) is 14.4 Å². The topological polar surface area (TPSA) is 45.6 Å². The SMILES string of the molecule is CCn1cc(Br)cc1C(=O)N1CCN(C(=O)C2CC2)CC1. The molecular formula is C15H20BrN3O2. The van der Waals surface area contributed by atoms with E-state index in [1.54, 1.807) is 0 Å². The van der Waals surface area contributed by atoms with Crippen LogP contribution in [0.3, 0.4) is 0 Å². The first-order valence-corrected chi connectivity index (χ1v) is 8.33. The predicted octanol–water partition coefficient (Wildman–Crippen LogP) is 1.96. The van der Waals surface area contributed by atoms with E-state index >= 15 is 0 Å². The van der Waals surface area contributed by atoms with E-state index in [0.29, 0.717) is 31.9 Å². The minimum absolute atomic E-state index is 0.0565. The number of piperazine rings is 1. The van der Waals surface area contributed by atoms with Crippen LogP contribution in [0, 0.1) is 5.92 Å². The molecule has 2 fully saturated rings. The van der Waals surface area contributed by atoms with Crippen LogP contribution in [0.2, 0.25) is 0 Å². The first-order chi connectivity index (χ1) is 10.1. The Morgan fingerprint density at radius 2 is 1.81 bits per heavy atom. The molecule has 0 spiro atoms. The van der Waals surface area contributed by atoms with Crippen LogP contribution in [-0.2, 0) is 11.3 Å². The Bertz CT molecular complexity index is 557. The molecule has 114 valence electrons. The summed E-state index contributed by atoms with van der Waals surface area (Å²) in [6, 6.07) is 1.87. The molecule has 2 aliphatic rings. The average Bonchev–Trinajstić information content (AvgIpc) is 3.28. The number of carbonyl (C=O) groups is 2. The van der Waals surface area contributed by atoms with Gasteiger partial charge in [0.1, 0.15) is 5.69 Å². The molecule has 2 amide bonds. The van der Waals surface area contributed by atoms with E-state index in [-0.39, 0.29) is 17.7 Å². The summed E-state index contributed by atoms with van der Waals surface area (Å²) in [5.74, 6) is 0.600.